The number of carbonyl (C=O) groups is 2. The third kappa shape index (κ3) is 3.65. The summed E-state index contributed by atoms with van der Waals surface area (Å²) >= 11 is 1.16. The van der Waals surface area contributed by atoms with Crippen molar-refractivity contribution in [1.82, 2.24) is 4.98 Å². The Morgan fingerprint density at radius 1 is 1.17 bits per heavy atom. The van der Waals surface area contributed by atoms with Gasteiger partial charge in [-0.05, 0) is 43.3 Å². The van der Waals surface area contributed by atoms with Crippen molar-refractivity contribution in [3.63, 3.8) is 0 Å². The smallest absolute Gasteiger partial charge is 0.323 e. The summed E-state index contributed by atoms with van der Waals surface area (Å²) in [6.45, 7) is 2.00. The minimum atomic E-state index is -1.11. The number of nitrogens with zero attached hydrogens (tertiary/aromatic N) is 2. The minimum Gasteiger partial charge on any atom is -0.494 e. The number of carbonyl (C=O) groups excluding carboxylic acids is 1. The number of nitrogens with two attached hydrogens (primary N) is 1. The number of pyridine rings is 1. The second kappa shape index (κ2) is 8.00. The third-order valence-corrected chi connectivity index (χ3v) is 5.70. The van der Waals surface area contributed by atoms with Crippen LogP contribution in [0.2, 0.25) is 0 Å². The van der Waals surface area contributed by atoms with Crippen LogP contribution >= 0.6 is 11.3 Å². The van der Waals surface area contributed by atoms with E-state index in [9.17, 15) is 14.7 Å². The molecule has 7 nitrogen and oxygen atoms in total. The van der Waals surface area contributed by atoms with Crippen LogP contribution in [0.4, 0.5) is 11.4 Å². The van der Waals surface area contributed by atoms with Gasteiger partial charge in [0.05, 0.1) is 17.8 Å². The van der Waals surface area contributed by atoms with Crippen LogP contribution in [0.3, 0.4) is 0 Å². The van der Waals surface area contributed by atoms with Gasteiger partial charge < -0.3 is 15.6 Å². The molecule has 0 spiro atoms. The summed E-state index contributed by atoms with van der Waals surface area (Å²) in [7, 11) is 0. The van der Waals surface area contributed by atoms with E-state index in [1.807, 2.05) is 31.2 Å². The van der Waals surface area contributed by atoms with Crippen LogP contribution in [-0.4, -0.2) is 35.1 Å². The van der Waals surface area contributed by atoms with E-state index in [0.29, 0.717) is 28.2 Å². The van der Waals surface area contributed by atoms with E-state index < -0.39 is 18.4 Å². The molecule has 0 aliphatic carbocycles. The van der Waals surface area contributed by atoms with Crippen LogP contribution in [0.1, 0.15) is 16.6 Å². The molecule has 0 unspecified atom stereocenters. The maximum atomic E-state index is 13.2. The van der Waals surface area contributed by atoms with E-state index >= 15 is 0 Å². The van der Waals surface area contributed by atoms with Gasteiger partial charge in [-0.2, -0.15) is 0 Å². The molecule has 3 N–H and O–H groups in total. The van der Waals surface area contributed by atoms with Gasteiger partial charge in [0.15, 0.2) is 0 Å². The Morgan fingerprint density at radius 3 is 2.63 bits per heavy atom. The average molecular weight is 421 g/mol. The molecular weight excluding hydrogens is 402 g/mol. The topological polar surface area (TPSA) is 106 Å². The molecule has 152 valence electrons. The number of fused-ring (bicyclic) bond motifs is 2. The molecule has 30 heavy (non-hydrogen) atoms. The summed E-state index contributed by atoms with van der Waals surface area (Å²) in [4.78, 5) is 31.3. The second-order valence-corrected chi connectivity index (χ2v) is 7.59. The molecule has 1 amide bonds. The van der Waals surface area contributed by atoms with Crippen LogP contribution < -0.4 is 15.4 Å². The van der Waals surface area contributed by atoms with Gasteiger partial charge in [-0.3, -0.25) is 14.5 Å². The Balaban J connectivity index is 1.80. The van der Waals surface area contributed by atoms with Gasteiger partial charge in [-0.15, -0.1) is 11.3 Å². The van der Waals surface area contributed by atoms with E-state index in [1.165, 1.54) is 4.90 Å². The predicted octanol–water partition coefficient (Wildman–Crippen LogP) is 4.16. The molecule has 0 saturated heterocycles. The Hall–Kier alpha value is -3.65. The molecule has 2 heterocycles. The molecule has 0 aliphatic heterocycles. The molecule has 2 aromatic heterocycles. The lowest BCUT2D eigenvalue weighted by atomic mass is 10.1. The van der Waals surface area contributed by atoms with Crippen molar-refractivity contribution in [2.45, 2.75) is 6.92 Å². The number of aliphatic carboxylic acids is 1. The highest BCUT2D eigenvalue weighted by Crippen LogP contribution is 2.36. The third-order valence-electron chi connectivity index (χ3n) is 4.60. The first kappa shape index (κ1) is 19.7. The first-order valence-electron chi connectivity index (χ1n) is 9.32. The number of carboxylic acid groups (broad SMARTS) is 1. The van der Waals surface area contributed by atoms with Crippen LogP contribution in [0.25, 0.3) is 21.1 Å². The molecule has 4 rings (SSSR count). The molecule has 2 aromatic carbocycles. The molecule has 0 fully saturated rings. The number of hydrogen-bond acceptors (Lipinski definition) is 6. The van der Waals surface area contributed by atoms with Crippen LogP contribution in [0, 0.1) is 0 Å². The number of benzene rings is 2. The summed E-state index contributed by atoms with van der Waals surface area (Å²) < 4.78 is 5.54. The van der Waals surface area contributed by atoms with E-state index in [1.54, 1.807) is 30.3 Å². The van der Waals surface area contributed by atoms with E-state index in [4.69, 9.17) is 10.5 Å². The predicted molar refractivity (Wildman–Crippen MR) is 118 cm³/mol. The number of aromatic nitrogens is 1. The van der Waals surface area contributed by atoms with Crippen molar-refractivity contribution >= 4 is 55.7 Å². The van der Waals surface area contributed by atoms with Crippen molar-refractivity contribution < 1.29 is 19.4 Å². The highest BCUT2D eigenvalue weighted by atomic mass is 32.1. The van der Waals surface area contributed by atoms with Crippen molar-refractivity contribution in [1.29, 1.82) is 0 Å². The van der Waals surface area contributed by atoms with Crippen LogP contribution in [0.15, 0.2) is 54.6 Å². The van der Waals surface area contributed by atoms with Crippen molar-refractivity contribution in [2.24, 2.45) is 0 Å². The fourth-order valence-electron chi connectivity index (χ4n) is 3.24. The lowest BCUT2D eigenvalue weighted by Crippen LogP contribution is -2.35. The van der Waals surface area contributed by atoms with Gasteiger partial charge in [0.25, 0.3) is 5.91 Å². The summed E-state index contributed by atoms with van der Waals surface area (Å²) in [5.41, 5.74) is 7.86. The minimum absolute atomic E-state index is 0.267. The van der Waals surface area contributed by atoms with Gasteiger partial charge in [0.1, 0.15) is 22.0 Å². The fourth-order valence-corrected chi connectivity index (χ4v) is 4.28. The first-order valence-corrected chi connectivity index (χ1v) is 10.1. The Morgan fingerprint density at radius 2 is 1.93 bits per heavy atom. The zero-order chi connectivity index (χ0) is 21.3. The summed E-state index contributed by atoms with van der Waals surface area (Å²) in [5, 5.41) is 10.8. The average Bonchev–Trinajstić information content (AvgIpc) is 3.06. The number of hydrogen-bond donors (Lipinski definition) is 2. The largest absolute Gasteiger partial charge is 0.494 e. The number of thiophene rings is 1. The lowest BCUT2D eigenvalue weighted by Gasteiger charge is -2.20. The van der Waals surface area contributed by atoms with Crippen molar-refractivity contribution in [2.75, 3.05) is 23.8 Å². The van der Waals surface area contributed by atoms with Crippen LogP contribution in [-0.2, 0) is 4.79 Å². The highest BCUT2D eigenvalue weighted by Gasteiger charge is 2.25. The van der Waals surface area contributed by atoms with E-state index in [2.05, 4.69) is 4.98 Å². The monoisotopic (exact) mass is 421 g/mol. The molecule has 0 radical (unpaired) electrons. The van der Waals surface area contributed by atoms with E-state index in [-0.39, 0.29) is 4.88 Å². The quantitative estimate of drug-likeness (QED) is 0.484. The van der Waals surface area contributed by atoms with Crippen LogP contribution in [0.5, 0.6) is 5.75 Å². The molecule has 4 aromatic rings. The zero-order valence-corrected chi connectivity index (χ0v) is 17.0. The van der Waals surface area contributed by atoms with Gasteiger partial charge in [0.2, 0.25) is 0 Å². The Labute approximate surface area is 176 Å². The molecule has 0 saturated carbocycles. The maximum absolute atomic E-state index is 13.2. The molecule has 0 aliphatic rings. The summed E-state index contributed by atoms with van der Waals surface area (Å²) in [5.74, 6) is -0.852. The number of para-hydroxylation sites is 1. The molecular formula is C22H19N3O4S. The number of ether oxygens (including phenoxy) is 1. The number of carboxylic acids is 1. The van der Waals surface area contributed by atoms with Crippen molar-refractivity contribution in [3.8, 4) is 5.75 Å². The fraction of sp³-hybridized carbons (Fsp3) is 0.136. The number of rotatable bonds is 6. The number of amides is 1. The number of anilines is 2. The number of nitrogen functional groups attached to an aromatic ring is 1. The SMILES string of the molecule is CCOc1ccc2nc3sc(C(=O)N(CC(=O)O)c4ccccc4)c(N)c3cc2c1. The molecule has 0 bridgehead atoms. The highest BCUT2D eigenvalue weighted by molar-refractivity contribution is 7.21. The summed E-state index contributed by atoms with van der Waals surface area (Å²) in [6.07, 6.45) is 0. The van der Waals surface area contributed by atoms with Gasteiger partial charge in [0, 0.05) is 16.5 Å². The molecule has 0 atom stereocenters. The van der Waals surface area contributed by atoms with Crippen molar-refractivity contribution in [3.05, 3.63) is 59.5 Å². The summed E-state index contributed by atoms with van der Waals surface area (Å²) in [6, 6.07) is 16.1. The molecule has 8 heteroatoms. The van der Waals surface area contributed by atoms with Gasteiger partial charge in [-0.1, -0.05) is 18.2 Å². The lowest BCUT2D eigenvalue weighted by molar-refractivity contribution is -0.135. The maximum Gasteiger partial charge on any atom is 0.323 e. The second-order valence-electron chi connectivity index (χ2n) is 6.59. The zero-order valence-electron chi connectivity index (χ0n) is 16.2. The normalized spacial score (nSPS) is 11.0. The van der Waals surface area contributed by atoms with Gasteiger partial charge >= 0.3 is 5.97 Å². The Bertz CT molecular complexity index is 1250. The van der Waals surface area contributed by atoms with Gasteiger partial charge in [-0.25, -0.2) is 4.98 Å². The first-order chi connectivity index (χ1) is 14.5. The Kier molecular flexibility index (Phi) is 5.24. The van der Waals surface area contributed by atoms with E-state index in [0.717, 1.165) is 28.0 Å². The standard InChI is InChI=1S/C22H19N3O4S/c1-2-29-15-8-9-17-13(10-15)11-16-19(23)20(30-21(16)24-17)22(28)25(12-18(26)27)14-6-4-3-5-7-14/h3-11H,2,12,23H2,1H3,(H,26,27).